The minimum atomic E-state index is 0.632. The molecule has 9 aromatic carbocycles. The molecule has 0 saturated carbocycles. The number of furan rings is 1. The van der Waals surface area contributed by atoms with Crippen LogP contribution < -0.4 is 0 Å². The topological polar surface area (TPSA) is 51.8 Å². The van der Waals surface area contributed by atoms with Gasteiger partial charge in [-0.15, -0.1) is 11.3 Å². The van der Waals surface area contributed by atoms with E-state index in [1.54, 1.807) is 0 Å². The van der Waals surface area contributed by atoms with Crippen molar-refractivity contribution in [2.45, 2.75) is 0 Å². The summed E-state index contributed by atoms with van der Waals surface area (Å²) in [5.41, 5.74) is 9.38. The molecule has 5 heteroatoms. The van der Waals surface area contributed by atoms with Crippen LogP contribution in [0.5, 0.6) is 0 Å². The molecule has 3 aromatic heterocycles. The highest BCUT2D eigenvalue weighted by Gasteiger charge is 2.24. The highest BCUT2D eigenvalue weighted by molar-refractivity contribution is 7.26. The number of benzene rings is 9. The van der Waals surface area contributed by atoms with Gasteiger partial charge in [-0.3, -0.25) is 0 Å². The molecule has 4 nitrogen and oxygen atoms in total. The Morgan fingerprint density at radius 3 is 1.45 bits per heavy atom. The fourth-order valence-corrected chi connectivity index (χ4v) is 9.92. The molecule has 3 heterocycles. The zero-order chi connectivity index (χ0) is 38.2. The summed E-state index contributed by atoms with van der Waals surface area (Å²) < 4.78 is 9.18. The van der Waals surface area contributed by atoms with E-state index in [0.29, 0.717) is 17.5 Å². The molecule has 0 radical (unpaired) electrons. The zero-order valence-electron chi connectivity index (χ0n) is 31.1. The minimum Gasteiger partial charge on any atom is -0.455 e. The van der Waals surface area contributed by atoms with Crippen molar-refractivity contribution in [1.82, 2.24) is 15.0 Å². The van der Waals surface area contributed by atoms with Gasteiger partial charge in [-0.1, -0.05) is 170 Å². The molecule has 0 spiro atoms. The van der Waals surface area contributed by atoms with Crippen molar-refractivity contribution in [2.75, 3.05) is 0 Å². The van der Waals surface area contributed by atoms with Gasteiger partial charge in [-0.05, 0) is 56.4 Å². The summed E-state index contributed by atoms with van der Waals surface area (Å²) >= 11 is 1.84. The summed E-state index contributed by atoms with van der Waals surface area (Å²) in [5, 5.41) is 9.49. The van der Waals surface area contributed by atoms with Gasteiger partial charge in [0.15, 0.2) is 17.5 Å². The second kappa shape index (κ2) is 13.1. The number of rotatable bonds is 5. The average molecular weight is 758 g/mol. The molecule has 270 valence electrons. The van der Waals surface area contributed by atoms with E-state index in [-0.39, 0.29) is 0 Å². The molecule has 12 rings (SSSR count). The lowest BCUT2D eigenvalue weighted by Gasteiger charge is -2.19. The normalized spacial score (nSPS) is 11.8. The molecule has 0 fully saturated rings. The third kappa shape index (κ3) is 5.11. The van der Waals surface area contributed by atoms with Crippen LogP contribution in [-0.2, 0) is 0 Å². The Kier molecular flexibility index (Phi) is 7.37. The SMILES string of the molecule is c1ccc(-c2nc(-c3ccccc3)nc(-c3ccc(-c4c(-c5cc6c7ccccc7oc6c6c5sc5ccccc56)c5ccccc5c5ccccc45)cc3)n2)cc1. The molecule has 58 heavy (non-hydrogen) atoms. The first kappa shape index (κ1) is 32.7. The van der Waals surface area contributed by atoms with E-state index >= 15 is 0 Å². The van der Waals surface area contributed by atoms with Crippen molar-refractivity contribution in [2.24, 2.45) is 0 Å². The maximum absolute atomic E-state index is 6.71. The Morgan fingerprint density at radius 2 is 0.828 bits per heavy atom. The number of hydrogen-bond acceptors (Lipinski definition) is 5. The molecular weight excluding hydrogens is 727 g/mol. The first-order valence-electron chi connectivity index (χ1n) is 19.4. The molecule has 0 atom stereocenters. The van der Waals surface area contributed by atoms with Crippen molar-refractivity contribution in [3.05, 3.63) is 188 Å². The number of aromatic nitrogens is 3. The summed E-state index contributed by atoms with van der Waals surface area (Å²) in [5.74, 6) is 1.92. The third-order valence-electron chi connectivity index (χ3n) is 11.3. The predicted molar refractivity (Wildman–Crippen MR) is 242 cm³/mol. The van der Waals surface area contributed by atoms with Crippen LogP contribution in [0.25, 0.3) is 120 Å². The summed E-state index contributed by atoms with van der Waals surface area (Å²) in [7, 11) is 0. The fraction of sp³-hybridized carbons (Fsp3) is 0. The van der Waals surface area contributed by atoms with Gasteiger partial charge in [-0.2, -0.15) is 0 Å². The maximum atomic E-state index is 6.71. The Balaban J connectivity index is 1.14. The van der Waals surface area contributed by atoms with Crippen LogP contribution >= 0.6 is 11.3 Å². The molecule has 12 aromatic rings. The number of fused-ring (bicyclic) bond motifs is 10. The molecule has 0 amide bonds. The van der Waals surface area contributed by atoms with Crippen molar-refractivity contribution in [1.29, 1.82) is 0 Å². The average Bonchev–Trinajstić information content (AvgIpc) is 3.88. The van der Waals surface area contributed by atoms with Crippen LogP contribution in [0.2, 0.25) is 0 Å². The Morgan fingerprint density at radius 1 is 0.362 bits per heavy atom. The van der Waals surface area contributed by atoms with E-state index in [0.717, 1.165) is 44.2 Å². The molecule has 0 N–H and O–H groups in total. The van der Waals surface area contributed by atoms with E-state index in [1.807, 2.05) is 72.0 Å². The summed E-state index contributed by atoms with van der Waals surface area (Å²) in [4.78, 5) is 15.0. The van der Waals surface area contributed by atoms with Gasteiger partial charge in [0.1, 0.15) is 11.2 Å². The fourth-order valence-electron chi connectivity index (χ4n) is 8.70. The van der Waals surface area contributed by atoms with Crippen molar-refractivity contribution in [3.63, 3.8) is 0 Å². The van der Waals surface area contributed by atoms with Gasteiger partial charge in [0.2, 0.25) is 0 Å². The zero-order valence-corrected chi connectivity index (χ0v) is 31.9. The number of nitrogens with zero attached hydrogens (tertiary/aromatic N) is 3. The highest BCUT2D eigenvalue weighted by atomic mass is 32.1. The summed E-state index contributed by atoms with van der Waals surface area (Å²) in [6.45, 7) is 0. The van der Waals surface area contributed by atoms with Gasteiger partial charge < -0.3 is 4.42 Å². The quantitative estimate of drug-likeness (QED) is 0.164. The number of para-hydroxylation sites is 1. The molecule has 0 saturated heterocycles. The molecule has 0 bridgehead atoms. The smallest absolute Gasteiger partial charge is 0.164 e. The monoisotopic (exact) mass is 757 g/mol. The lowest BCUT2D eigenvalue weighted by Crippen LogP contribution is -2.00. The minimum absolute atomic E-state index is 0.632. The largest absolute Gasteiger partial charge is 0.455 e. The van der Waals surface area contributed by atoms with Gasteiger partial charge in [0, 0.05) is 53.2 Å². The molecule has 0 aliphatic carbocycles. The standard InChI is InChI=1S/C53H31N3OS/c1-3-15-33(16-4-1)51-54-52(34-17-5-2-6-18-34)56-53(55-51)35-29-27-32(28-30-35)46-39-22-9-7-19-36(39)37-20-8-10-23-40(37)47(46)43-31-42-38-21-11-13-25-44(38)57-49(42)48-41-24-12-14-26-45(41)58-50(43)48/h1-31H. The van der Waals surface area contributed by atoms with Gasteiger partial charge in [0.05, 0.1) is 0 Å². The first-order chi connectivity index (χ1) is 28.8. The van der Waals surface area contributed by atoms with E-state index < -0.39 is 0 Å². The second-order valence-electron chi connectivity index (χ2n) is 14.7. The van der Waals surface area contributed by atoms with Crippen LogP contribution in [0, 0.1) is 0 Å². The van der Waals surface area contributed by atoms with Crippen LogP contribution in [-0.4, -0.2) is 15.0 Å². The van der Waals surface area contributed by atoms with E-state index in [9.17, 15) is 0 Å². The molecule has 0 aliphatic heterocycles. The second-order valence-corrected chi connectivity index (χ2v) is 15.7. The third-order valence-corrected chi connectivity index (χ3v) is 12.5. The van der Waals surface area contributed by atoms with E-state index in [1.165, 1.54) is 58.4 Å². The van der Waals surface area contributed by atoms with Crippen molar-refractivity contribution >= 4 is 75.0 Å². The summed E-state index contributed by atoms with van der Waals surface area (Å²) in [6, 6.07) is 66.2. The highest BCUT2D eigenvalue weighted by Crippen LogP contribution is 2.52. The number of thiophene rings is 1. The lowest BCUT2D eigenvalue weighted by molar-refractivity contribution is 0.673. The van der Waals surface area contributed by atoms with Crippen molar-refractivity contribution < 1.29 is 4.42 Å². The van der Waals surface area contributed by atoms with Crippen LogP contribution in [0.3, 0.4) is 0 Å². The Labute approximate surface area is 337 Å². The van der Waals surface area contributed by atoms with E-state index in [2.05, 4.69) is 127 Å². The molecule has 0 aliphatic rings. The summed E-state index contributed by atoms with van der Waals surface area (Å²) in [6.07, 6.45) is 0. The van der Waals surface area contributed by atoms with E-state index in [4.69, 9.17) is 19.4 Å². The Bertz CT molecular complexity index is 3500. The predicted octanol–water partition coefficient (Wildman–Crippen LogP) is 14.8. The van der Waals surface area contributed by atoms with Crippen LogP contribution in [0.4, 0.5) is 0 Å². The van der Waals surface area contributed by atoms with Crippen LogP contribution in [0.15, 0.2) is 192 Å². The lowest BCUT2D eigenvalue weighted by atomic mass is 9.84. The molecule has 0 unspecified atom stereocenters. The Hall–Kier alpha value is -7.47. The van der Waals surface area contributed by atoms with Crippen LogP contribution in [0.1, 0.15) is 0 Å². The van der Waals surface area contributed by atoms with Gasteiger partial charge in [0.25, 0.3) is 0 Å². The van der Waals surface area contributed by atoms with Crippen molar-refractivity contribution in [3.8, 4) is 56.4 Å². The van der Waals surface area contributed by atoms with Gasteiger partial charge in [-0.25, -0.2) is 15.0 Å². The first-order valence-corrected chi connectivity index (χ1v) is 20.3. The van der Waals surface area contributed by atoms with Gasteiger partial charge >= 0.3 is 0 Å². The molecular formula is C53H31N3OS. The maximum Gasteiger partial charge on any atom is 0.164 e. The number of hydrogen-bond donors (Lipinski definition) is 0.